The molecule has 7 heteroatoms. The Bertz CT molecular complexity index is 1050. The van der Waals surface area contributed by atoms with Crippen LogP contribution in [0, 0.1) is 20.8 Å². The van der Waals surface area contributed by atoms with Crippen LogP contribution in [0.1, 0.15) is 65.3 Å². The molecule has 0 saturated heterocycles. The quantitative estimate of drug-likeness (QED) is 0.527. The molecule has 1 aliphatic carbocycles. The number of aromatic amines is 1. The van der Waals surface area contributed by atoms with Gasteiger partial charge in [-0.15, -0.1) is 0 Å². The van der Waals surface area contributed by atoms with E-state index in [1.807, 2.05) is 32.9 Å². The summed E-state index contributed by atoms with van der Waals surface area (Å²) in [5.41, 5.74) is 4.89. The minimum atomic E-state index is -0.162. The van der Waals surface area contributed by atoms with Crippen molar-refractivity contribution < 1.29 is 9.69 Å². The van der Waals surface area contributed by atoms with E-state index in [0.29, 0.717) is 17.2 Å². The van der Waals surface area contributed by atoms with Crippen LogP contribution in [-0.4, -0.2) is 43.6 Å². The summed E-state index contributed by atoms with van der Waals surface area (Å²) >= 11 is 3.63. The lowest BCUT2D eigenvalue weighted by atomic mass is 9.89. The summed E-state index contributed by atoms with van der Waals surface area (Å²) < 4.78 is 0.891. The maximum atomic E-state index is 13.2. The minimum absolute atomic E-state index is 0.147. The molecular weight excluding hydrogens is 480 g/mol. The fourth-order valence-electron chi connectivity index (χ4n) is 5.15. The van der Waals surface area contributed by atoms with Crippen LogP contribution in [0.4, 0.5) is 5.69 Å². The van der Waals surface area contributed by atoms with Gasteiger partial charge in [0.15, 0.2) is 0 Å². The number of nitrogens with one attached hydrogen (secondary N) is 3. The van der Waals surface area contributed by atoms with Crippen molar-refractivity contribution in [2.24, 2.45) is 0 Å². The molecule has 3 N–H and O–H groups in total. The van der Waals surface area contributed by atoms with Gasteiger partial charge in [0.1, 0.15) is 0 Å². The van der Waals surface area contributed by atoms with Gasteiger partial charge in [-0.05, 0) is 69.9 Å². The molecule has 0 radical (unpaired) electrons. The van der Waals surface area contributed by atoms with Crippen molar-refractivity contribution in [3.63, 3.8) is 0 Å². The number of carbonyl (C=O) groups is 1. The highest BCUT2D eigenvalue weighted by Crippen LogP contribution is 2.33. The Balaban J connectivity index is 1.81. The zero-order valence-electron chi connectivity index (χ0n) is 20.8. The number of amides is 1. The van der Waals surface area contributed by atoms with Gasteiger partial charge in [-0.2, -0.15) is 0 Å². The lowest BCUT2D eigenvalue weighted by molar-refractivity contribution is -0.887. The lowest BCUT2D eigenvalue weighted by Crippen LogP contribution is -3.10. The molecule has 0 unspecified atom stereocenters. The first-order valence-electron chi connectivity index (χ1n) is 12.0. The number of quaternary nitrogens is 1. The van der Waals surface area contributed by atoms with E-state index in [1.165, 1.54) is 30.6 Å². The van der Waals surface area contributed by atoms with Crippen LogP contribution < -0.4 is 20.7 Å². The van der Waals surface area contributed by atoms with Gasteiger partial charge in [0.05, 0.1) is 20.1 Å². The summed E-state index contributed by atoms with van der Waals surface area (Å²) in [6, 6.07) is 7.16. The maximum absolute atomic E-state index is 13.2. The highest BCUT2D eigenvalue weighted by atomic mass is 79.9. The number of halogens is 1. The van der Waals surface area contributed by atoms with Crippen LogP contribution in [0.25, 0.3) is 0 Å². The van der Waals surface area contributed by atoms with E-state index >= 15 is 0 Å². The molecule has 2 aromatic rings. The fraction of sp³-hybridized carbons (Fsp3) is 0.538. The minimum Gasteiger partial charge on any atom is -0.369 e. The number of hydrogen-bond acceptors (Lipinski definition) is 3. The maximum Gasteiger partial charge on any atom is 0.253 e. The molecule has 0 atom stereocenters. The van der Waals surface area contributed by atoms with Gasteiger partial charge in [-0.3, -0.25) is 9.59 Å². The van der Waals surface area contributed by atoms with Gasteiger partial charge in [0, 0.05) is 59.0 Å². The van der Waals surface area contributed by atoms with E-state index in [0.717, 1.165) is 39.6 Å². The van der Waals surface area contributed by atoms with Gasteiger partial charge in [-0.25, -0.2) is 0 Å². The Morgan fingerprint density at radius 1 is 1.15 bits per heavy atom. The first-order chi connectivity index (χ1) is 15.6. The van der Waals surface area contributed by atoms with E-state index in [2.05, 4.69) is 58.2 Å². The third-order valence-electron chi connectivity index (χ3n) is 7.11. The Morgan fingerprint density at radius 2 is 1.82 bits per heavy atom. The van der Waals surface area contributed by atoms with Crippen LogP contribution in [0.5, 0.6) is 0 Å². The van der Waals surface area contributed by atoms with Crippen molar-refractivity contribution >= 4 is 27.5 Å². The Hall–Kier alpha value is -2.12. The molecular formula is C26H38BrN4O2+. The van der Waals surface area contributed by atoms with E-state index in [9.17, 15) is 9.59 Å². The molecule has 0 bridgehead atoms. The molecule has 1 aromatic carbocycles. The first-order valence-corrected chi connectivity index (χ1v) is 12.8. The van der Waals surface area contributed by atoms with E-state index in [-0.39, 0.29) is 18.0 Å². The average Bonchev–Trinajstić information content (AvgIpc) is 2.75. The highest BCUT2D eigenvalue weighted by molar-refractivity contribution is 9.10. The van der Waals surface area contributed by atoms with Crippen molar-refractivity contribution in [3.8, 4) is 0 Å². The van der Waals surface area contributed by atoms with Crippen LogP contribution in [-0.2, 0) is 6.54 Å². The van der Waals surface area contributed by atoms with Crippen molar-refractivity contribution in [1.29, 1.82) is 0 Å². The second kappa shape index (κ2) is 10.9. The summed E-state index contributed by atoms with van der Waals surface area (Å²) in [5, 5.41) is 2.97. The number of rotatable bonds is 7. The number of aryl methyl sites for hydroxylation is 2. The number of carbonyl (C=O) groups excluding carboxylic acids is 1. The molecule has 180 valence electrons. The van der Waals surface area contributed by atoms with Crippen LogP contribution in [0.15, 0.2) is 27.5 Å². The van der Waals surface area contributed by atoms with Gasteiger partial charge in [-0.1, -0.05) is 15.9 Å². The summed E-state index contributed by atoms with van der Waals surface area (Å²) in [6.07, 6.45) is 4.81. The zero-order chi connectivity index (χ0) is 24.3. The van der Waals surface area contributed by atoms with Crippen LogP contribution in [0.3, 0.4) is 0 Å². The van der Waals surface area contributed by atoms with E-state index in [4.69, 9.17) is 0 Å². The molecule has 1 amide bonds. The molecule has 3 rings (SSSR count). The van der Waals surface area contributed by atoms with Crippen molar-refractivity contribution in [2.75, 3.05) is 25.5 Å². The molecule has 1 aliphatic rings. The number of nitrogens with zero attached hydrogens (tertiary/aromatic N) is 1. The van der Waals surface area contributed by atoms with Gasteiger partial charge in [0.25, 0.3) is 11.5 Å². The molecule has 0 aliphatic heterocycles. The molecule has 1 saturated carbocycles. The number of aromatic nitrogens is 1. The number of pyridine rings is 1. The van der Waals surface area contributed by atoms with Gasteiger partial charge >= 0.3 is 0 Å². The van der Waals surface area contributed by atoms with Crippen molar-refractivity contribution in [3.05, 3.63) is 61.0 Å². The molecule has 6 nitrogen and oxygen atoms in total. The first kappa shape index (κ1) is 25.5. The van der Waals surface area contributed by atoms with Crippen LogP contribution in [0.2, 0.25) is 0 Å². The molecule has 1 fully saturated rings. The fourth-order valence-corrected chi connectivity index (χ4v) is 5.60. The average molecular weight is 519 g/mol. The summed E-state index contributed by atoms with van der Waals surface area (Å²) in [4.78, 5) is 32.3. The summed E-state index contributed by atoms with van der Waals surface area (Å²) in [6.45, 7) is 9.08. The second-order valence-corrected chi connectivity index (χ2v) is 10.5. The number of hydrogen-bond donors (Lipinski definition) is 3. The number of anilines is 1. The summed E-state index contributed by atoms with van der Waals surface area (Å²) in [5.74, 6) is -0.162. The Labute approximate surface area is 205 Å². The van der Waals surface area contributed by atoms with Gasteiger partial charge < -0.3 is 20.1 Å². The zero-order valence-corrected chi connectivity index (χ0v) is 22.4. The Kier molecular flexibility index (Phi) is 8.40. The lowest BCUT2D eigenvalue weighted by Gasteiger charge is -2.39. The number of benzene rings is 1. The standard InChI is InChI=1S/C26H37BrN4O2/c1-7-31(21-10-8-20(9-11-21)30(5)6)24-14-19(27)13-22(18(24)4)25(32)28-15-23-16(2)12-17(3)29-26(23)33/h12-14,20-21H,7-11,15H2,1-6H3,(H,28,32)(H,29,33)/p+1. The van der Waals surface area contributed by atoms with E-state index in [1.54, 1.807) is 0 Å². The third kappa shape index (κ3) is 5.87. The van der Waals surface area contributed by atoms with Crippen LogP contribution >= 0.6 is 15.9 Å². The SMILES string of the molecule is CCN(c1cc(Br)cc(C(=O)NCc2c(C)cc(C)[nH]c2=O)c1C)C1CCC([NH+](C)C)CC1. The normalized spacial score (nSPS) is 18.4. The van der Waals surface area contributed by atoms with E-state index < -0.39 is 0 Å². The second-order valence-electron chi connectivity index (χ2n) is 9.59. The number of H-pyrrole nitrogens is 1. The smallest absolute Gasteiger partial charge is 0.253 e. The molecule has 0 spiro atoms. The predicted molar refractivity (Wildman–Crippen MR) is 138 cm³/mol. The van der Waals surface area contributed by atoms with Crippen molar-refractivity contribution in [2.45, 2.75) is 72.0 Å². The van der Waals surface area contributed by atoms with Crippen molar-refractivity contribution in [1.82, 2.24) is 10.3 Å². The monoisotopic (exact) mass is 517 g/mol. The predicted octanol–water partition coefficient (Wildman–Crippen LogP) is 3.27. The molecule has 33 heavy (non-hydrogen) atoms. The third-order valence-corrected chi connectivity index (χ3v) is 7.57. The molecule has 1 aromatic heterocycles. The largest absolute Gasteiger partial charge is 0.369 e. The topological polar surface area (TPSA) is 69.6 Å². The highest BCUT2D eigenvalue weighted by Gasteiger charge is 2.29. The summed E-state index contributed by atoms with van der Waals surface area (Å²) in [7, 11) is 4.50. The van der Waals surface area contributed by atoms with Gasteiger partial charge in [0.2, 0.25) is 0 Å². The molecule has 1 heterocycles. The Morgan fingerprint density at radius 3 is 2.39 bits per heavy atom.